The maximum Gasteiger partial charge on any atom is 0.260 e. The molecule has 0 unspecified atom stereocenters. The van der Waals surface area contributed by atoms with Crippen LogP contribution in [0.2, 0.25) is 5.02 Å². The lowest BCUT2D eigenvalue weighted by atomic mass is 10.1. The Bertz CT molecular complexity index is 979. The average Bonchev–Trinajstić information content (AvgIpc) is 3.05. The van der Waals surface area contributed by atoms with E-state index in [0.29, 0.717) is 28.5 Å². The summed E-state index contributed by atoms with van der Waals surface area (Å²) in [5.74, 6) is 1.21. The van der Waals surface area contributed by atoms with E-state index in [9.17, 15) is 4.79 Å². The van der Waals surface area contributed by atoms with Crippen molar-refractivity contribution in [3.8, 4) is 11.1 Å². The average molecular weight is 407 g/mol. The number of rotatable bonds is 5. The number of aliphatic imine (C=N–C) groups is 1. The standard InChI is InChI=1S/C18H19ClN4OS2/c1-3-20-18(21-4-2)26-10-14-22-16(24)15-13(9-25-17(15)23-14)11-5-7-12(19)8-6-11/h5-9H,3-4,10H2,1-2H3,(H,20,21)(H,22,23,24). The molecule has 0 atom stereocenters. The zero-order valence-corrected chi connectivity index (χ0v) is 16.9. The number of H-pyrrole nitrogens is 1. The van der Waals surface area contributed by atoms with Gasteiger partial charge in [-0.15, -0.1) is 11.3 Å². The Morgan fingerprint density at radius 2 is 2.12 bits per heavy atom. The Labute approximate surface area is 164 Å². The molecule has 2 N–H and O–H groups in total. The third-order valence-electron chi connectivity index (χ3n) is 3.62. The van der Waals surface area contributed by atoms with E-state index >= 15 is 0 Å². The second-order valence-corrected chi connectivity index (χ2v) is 7.71. The molecular formula is C18H19ClN4OS2. The topological polar surface area (TPSA) is 70.1 Å². The molecule has 0 fully saturated rings. The zero-order chi connectivity index (χ0) is 18.5. The number of aromatic nitrogens is 2. The Kier molecular flexibility index (Phi) is 6.34. The number of hydrogen-bond acceptors (Lipinski definition) is 5. The van der Waals surface area contributed by atoms with Gasteiger partial charge in [-0.1, -0.05) is 35.5 Å². The van der Waals surface area contributed by atoms with Gasteiger partial charge in [-0.25, -0.2) is 4.98 Å². The first-order valence-electron chi connectivity index (χ1n) is 8.29. The van der Waals surface area contributed by atoms with Crippen LogP contribution >= 0.6 is 34.7 Å². The quantitative estimate of drug-likeness (QED) is 0.482. The molecule has 0 aliphatic rings. The highest BCUT2D eigenvalue weighted by molar-refractivity contribution is 8.13. The van der Waals surface area contributed by atoms with E-state index in [2.05, 4.69) is 20.3 Å². The number of benzene rings is 1. The molecular weight excluding hydrogens is 388 g/mol. The third-order valence-corrected chi connectivity index (χ3v) is 5.71. The van der Waals surface area contributed by atoms with Gasteiger partial charge >= 0.3 is 0 Å². The number of aromatic amines is 1. The van der Waals surface area contributed by atoms with Crippen LogP contribution in [0.3, 0.4) is 0 Å². The van der Waals surface area contributed by atoms with Gasteiger partial charge in [-0.05, 0) is 31.5 Å². The molecule has 2 heterocycles. The number of thioether (sulfide) groups is 1. The van der Waals surface area contributed by atoms with Crippen molar-refractivity contribution in [3.63, 3.8) is 0 Å². The smallest absolute Gasteiger partial charge is 0.260 e. The highest BCUT2D eigenvalue weighted by Gasteiger charge is 2.13. The number of nitrogens with zero attached hydrogens (tertiary/aromatic N) is 2. The minimum Gasteiger partial charge on any atom is -0.365 e. The normalized spacial score (nSPS) is 11.9. The molecule has 1 aromatic carbocycles. The van der Waals surface area contributed by atoms with E-state index in [1.54, 1.807) is 11.8 Å². The molecule has 8 heteroatoms. The number of halogens is 1. The summed E-state index contributed by atoms with van der Waals surface area (Å²) in [7, 11) is 0. The summed E-state index contributed by atoms with van der Waals surface area (Å²) >= 11 is 8.97. The Hall–Kier alpha value is -1.83. The number of amidine groups is 1. The second kappa shape index (κ2) is 8.70. The van der Waals surface area contributed by atoms with Crippen molar-refractivity contribution in [1.29, 1.82) is 0 Å². The van der Waals surface area contributed by atoms with E-state index in [1.807, 2.05) is 43.5 Å². The Balaban J connectivity index is 1.89. The van der Waals surface area contributed by atoms with Gasteiger partial charge in [0.05, 0.1) is 11.1 Å². The Morgan fingerprint density at radius 1 is 1.35 bits per heavy atom. The molecule has 136 valence electrons. The van der Waals surface area contributed by atoms with Gasteiger partial charge in [-0.3, -0.25) is 9.79 Å². The fraction of sp³-hybridized carbons (Fsp3) is 0.278. The molecule has 0 spiro atoms. The summed E-state index contributed by atoms with van der Waals surface area (Å²) < 4.78 is 0. The van der Waals surface area contributed by atoms with Crippen molar-refractivity contribution in [2.24, 2.45) is 4.99 Å². The van der Waals surface area contributed by atoms with E-state index in [0.717, 1.165) is 27.7 Å². The molecule has 0 bridgehead atoms. The minimum atomic E-state index is -0.116. The summed E-state index contributed by atoms with van der Waals surface area (Å²) in [6.07, 6.45) is 0. The van der Waals surface area contributed by atoms with Gasteiger partial charge in [0.25, 0.3) is 5.56 Å². The maximum absolute atomic E-state index is 12.6. The van der Waals surface area contributed by atoms with Crippen LogP contribution in [-0.2, 0) is 5.75 Å². The van der Waals surface area contributed by atoms with Crippen LogP contribution < -0.4 is 10.9 Å². The number of fused-ring (bicyclic) bond motifs is 1. The third kappa shape index (κ3) is 4.28. The molecule has 0 amide bonds. The van der Waals surface area contributed by atoms with Crippen molar-refractivity contribution in [2.45, 2.75) is 19.6 Å². The van der Waals surface area contributed by atoms with Crippen molar-refractivity contribution in [1.82, 2.24) is 15.3 Å². The molecule has 2 aromatic heterocycles. The van der Waals surface area contributed by atoms with Crippen LogP contribution in [0.1, 0.15) is 19.7 Å². The summed E-state index contributed by atoms with van der Waals surface area (Å²) in [6.45, 7) is 5.55. The first-order valence-corrected chi connectivity index (χ1v) is 10.5. The summed E-state index contributed by atoms with van der Waals surface area (Å²) in [4.78, 5) is 25.3. The van der Waals surface area contributed by atoms with Crippen LogP contribution in [0.15, 0.2) is 39.4 Å². The van der Waals surface area contributed by atoms with Crippen LogP contribution in [0, 0.1) is 0 Å². The highest BCUT2D eigenvalue weighted by Crippen LogP contribution is 2.31. The van der Waals surface area contributed by atoms with Gasteiger partial charge in [-0.2, -0.15) is 0 Å². The molecule has 0 saturated heterocycles. The van der Waals surface area contributed by atoms with Gasteiger partial charge in [0.15, 0.2) is 5.17 Å². The molecule has 0 aliphatic heterocycles. The zero-order valence-electron chi connectivity index (χ0n) is 14.5. The molecule has 5 nitrogen and oxygen atoms in total. The first kappa shape index (κ1) is 18.9. The van der Waals surface area contributed by atoms with E-state index in [-0.39, 0.29) is 5.56 Å². The van der Waals surface area contributed by atoms with Crippen molar-refractivity contribution < 1.29 is 0 Å². The van der Waals surface area contributed by atoms with Gasteiger partial charge < -0.3 is 10.3 Å². The van der Waals surface area contributed by atoms with Crippen molar-refractivity contribution in [2.75, 3.05) is 13.1 Å². The number of thiophene rings is 1. The largest absolute Gasteiger partial charge is 0.365 e. The lowest BCUT2D eigenvalue weighted by Gasteiger charge is -2.07. The number of hydrogen-bond donors (Lipinski definition) is 2. The highest BCUT2D eigenvalue weighted by atomic mass is 35.5. The van der Waals surface area contributed by atoms with Gasteiger partial charge in [0, 0.05) is 29.1 Å². The number of nitrogens with one attached hydrogen (secondary N) is 2. The van der Waals surface area contributed by atoms with Crippen molar-refractivity contribution in [3.05, 3.63) is 50.8 Å². The fourth-order valence-corrected chi connectivity index (χ4v) is 4.46. The van der Waals surface area contributed by atoms with Crippen LogP contribution in [-0.4, -0.2) is 28.2 Å². The molecule has 0 aliphatic carbocycles. The van der Waals surface area contributed by atoms with Crippen LogP contribution in [0.5, 0.6) is 0 Å². The van der Waals surface area contributed by atoms with Gasteiger partial charge in [0.2, 0.25) is 0 Å². The lowest BCUT2D eigenvalue weighted by molar-refractivity contribution is 0.963. The molecule has 0 saturated carbocycles. The van der Waals surface area contributed by atoms with Crippen LogP contribution in [0.25, 0.3) is 21.3 Å². The molecule has 3 aromatic rings. The Morgan fingerprint density at radius 3 is 2.81 bits per heavy atom. The fourth-order valence-electron chi connectivity index (χ4n) is 2.49. The van der Waals surface area contributed by atoms with E-state index < -0.39 is 0 Å². The molecule has 3 rings (SSSR count). The van der Waals surface area contributed by atoms with Crippen molar-refractivity contribution >= 4 is 50.1 Å². The monoisotopic (exact) mass is 406 g/mol. The SMILES string of the molecule is CCN=C(NCC)SCc1nc2scc(-c3ccc(Cl)cc3)c2c(=O)[nH]1. The first-order chi connectivity index (χ1) is 12.6. The second-order valence-electron chi connectivity index (χ2n) is 5.45. The van der Waals surface area contributed by atoms with E-state index in [1.165, 1.54) is 11.3 Å². The predicted octanol–water partition coefficient (Wildman–Crippen LogP) is 4.52. The van der Waals surface area contributed by atoms with E-state index in [4.69, 9.17) is 11.6 Å². The molecule has 26 heavy (non-hydrogen) atoms. The maximum atomic E-state index is 12.6. The van der Waals surface area contributed by atoms with Crippen LogP contribution in [0.4, 0.5) is 0 Å². The summed E-state index contributed by atoms with van der Waals surface area (Å²) in [5, 5.41) is 7.35. The lowest BCUT2D eigenvalue weighted by Crippen LogP contribution is -2.20. The molecule has 0 radical (unpaired) electrons. The summed E-state index contributed by atoms with van der Waals surface area (Å²) in [5.41, 5.74) is 1.73. The predicted molar refractivity (Wildman–Crippen MR) is 114 cm³/mol. The minimum absolute atomic E-state index is 0.116. The van der Waals surface area contributed by atoms with Gasteiger partial charge in [0.1, 0.15) is 10.7 Å². The summed E-state index contributed by atoms with van der Waals surface area (Å²) in [6, 6.07) is 7.47.